The van der Waals surface area contributed by atoms with Gasteiger partial charge in [-0.1, -0.05) is 29.8 Å². The first-order valence-corrected chi connectivity index (χ1v) is 18.0. The maximum absolute atomic E-state index is 14.4. The van der Waals surface area contributed by atoms with Gasteiger partial charge >= 0.3 is 6.03 Å². The summed E-state index contributed by atoms with van der Waals surface area (Å²) in [6, 6.07) is 10.4. The van der Waals surface area contributed by atoms with E-state index in [1.165, 1.54) is 11.4 Å². The topological polar surface area (TPSA) is 164 Å². The molecule has 0 saturated heterocycles. The van der Waals surface area contributed by atoms with Crippen LogP contribution in [0.4, 0.5) is 16.2 Å². The molecule has 3 aromatic rings. The minimum atomic E-state index is -3.80. The van der Waals surface area contributed by atoms with E-state index in [9.17, 15) is 23.1 Å². The Balaban J connectivity index is 1.63. The fourth-order valence-corrected chi connectivity index (χ4v) is 6.83. The van der Waals surface area contributed by atoms with Gasteiger partial charge < -0.3 is 34.6 Å². The lowest BCUT2D eigenvalue weighted by Crippen LogP contribution is -2.48. The number of urea groups is 1. The fraction of sp³-hybridized carbons (Fsp3) is 0.514. The quantitative estimate of drug-likeness (QED) is 0.281. The molecule has 14 heteroatoms. The molecular weight excluding hydrogens is 650 g/mol. The summed E-state index contributed by atoms with van der Waals surface area (Å²) in [5.41, 5.74) is 2.50. The van der Waals surface area contributed by atoms with Crippen LogP contribution in [-0.2, 0) is 14.8 Å². The largest absolute Gasteiger partial charge is 0.490 e. The summed E-state index contributed by atoms with van der Waals surface area (Å²) in [7, 11) is -2.27. The molecule has 0 fully saturated rings. The lowest BCUT2D eigenvalue weighted by molar-refractivity contribution is -0.00833. The summed E-state index contributed by atoms with van der Waals surface area (Å²) < 4.78 is 46.0. The Morgan fingerprint density at radius 1 is 1.10 bits per heavy atom. The van der Waals surface area contributed by atoms with Crippen molar-refractivity contribution in [1.29, 1.82) is 0 Å². The van der Waals surface area contributed by atoms with Crippen LogP contribution < -0.4 is 15.4 Å². The highest BCUT2D eigenvalue weighted by Crippen LogP contribution is 2.29. The van der Waals surface area contributed by atoms with Crippen LogP contribution in [0.3, 0.4) is 0 Å². The number of nitrogens with one attached hydrogen (secondary N) is 2. The number of hydrogen-bond acceptors (Lipinski definition) is 9. The van der Waals surface area contributed by atoms with Gasteiger partial charge in [0.05, 0.1) is 35.3 Å². The number of amides is 3. The van der Waals surface area contributed by atoms with Crippen LogP contribution in [0.2, 0.25) is 0 Å². The second-order valence-electron chi connectivity index (χ2n) is 12.9. The van der Waals surface area contributed by atoms with E-state index >= 15 is 0 Å². The van der Waals surface area contributed by atoms with Crippen LogP contribution in [0.5, 0.6) is 5.75 Å². The molecule has 2 aromatic carbocycles. The molecule has 1 aliphatic heterocycles. The van der Waals surface area contributed by atoms with Crippen LogP contribution in [0, 0.1) is 26.7 Å². The van der Waals surface area contributed by atoms with Gasteiger partial charge in [-0.05, 0) is 84.2 Å². The Morgan fingerprint density at radius 2 is 1.82 bits per heavy atom. The van der Waals surface area contributed by atoms with Crippen LogP contribution in [-0.4, -0.2) is 91.4 Å². The van der Waals surface area contributed by atoms with E-state index in [1.807, 2.05) is 20.8 Å². The zero-order valence-corrected chi connectivity index (χ0v) is 30.2. The highest BCUT2D eigenvalue weighted by molar-refractivity contribution is 7.89. The van der Waals surface area contributed by atoms with Crippen LogP contribution in [0.1, 0.15) is 67.4 Å². The number of aryl methyl sites for hydroxylation is 3. The van der Waals surface area contributed by atoms with Crippen molar-refractivity contribution in [3.8, 4) is 5.75 Å². The zero-order valence-electron chi connectivity index (χ0n) is 29.4. The predicted molar refractivity (Wildman–Crippen MR) is 186 cm³/mol. The van der Waals surface area contributed by atoms with E-state index in [0.29, 0.717) is 41.6 Å². The third-order valence-electron chi connectivity index (χ3n) is 8.75. The average molecular weight is 700 g/mol. The number of rotatable bonds is 8. The molecule has 0 unspecified atom stereocenters. The Hall–Kier alpha value is -3.98. The molecule has 3 amide bonds. The summed E-state index contributed by atoms with van der Waals surface area (Å²) in [5.74, 6) is 0.0629. The SMILES string of the molecule is Cc1ccc(S(=O)(=O)N(C)C[C@H]2OCCCC[C@@H](C)Oc3ccc(NC(=O)Nc4c(C)noc4C)cc3C(=O)N([C@@H](C)CO)C[C@@H]2C)cc1. The van der Waals surface area contributed by atoms with Crippen LogP contribution in [0.15, 0.2) is 51.9 Å². The van der Waals surface area contributed by atoms with Gasteiger partial charge in [0.1, 0.15) is 17.1 Å². The van der Waals surface area contributed by atoms with Gasteiger partial charge in [-0.2, -0.15) is 4.31 Å². The number of anilines is 2. The molecule has 1 aliphatic rings. The lowest BCUT2D eigenvalue weighted by atomic mass is 10.0. The van der Waals surface area contributed by atoms with Gasteiger partial charge in [0.25, 0.3) is 5.91 Å². The second-order valence-corrected chi connectivity index (χ2v) is 14.9. The number of carbonyl (C=O) groups excluding carboxylic acids is 2. The number of nitrogens with zero attached hydrogens (tertiary/aromatic N) is 3. The van der Waals surface area contributed by atoms with Crippen molar-refractivity contribution in [3.05, 3.63) is 65.0 Å². The summed E-state index contributed by atoms with van der Waals surface area (Å²) in [6.07, 6.45) is 1.42. The van der Waals surface area contributed by atoms with Crippen LogP contribution in [0.25, 0.3) is 0 Å². The Kier molecular flexibility index (Phi) is 12.8. The normalized spacial score (nSPS) is 20.2. The minimum Gasteiger partial charge on any atom is -0.490 e. The molecule has 4 rings (SSSR count). The monoisotopic (exact) mass is 699 g/mol. The van der Waals surface area contributed by atoms with Crippen molar-refractivity contribution in [2.24, 2.45) is 5.92 Å². The number of aromatic nitrogens is 1. The molecule has 0 spiro atoms. The van der Waals surface area contributed by atoms with Gasteiger partial charge in [0.15, 0.2) is 5.76 Å². The number of benzene rings is 2. The van der Waals surface area contributed by atoms with Gasteiger partial charge in [-0.15, -0.1) is 0 Å². The van der Waals surface area contributed by atoms with Crippen molar-refractivity contribution in [1.82, 2.24) is 14.4 Å². The van der Waals surface area contributed by atoms with Crippen molar-refractivity contribution in [3.63, 3.8) is 0 Å². The fourth-order valence-electron chi connectivity index (χ4n) is 5.64. The maximum Gasteiger partial charge on any atom is 0.323 e. The highest BCUT2D eigenvalue weighted by atomic mass is 32.2. The first-order valence-electron chi connectivity index (χ1n) is 16.6. The van der Waals surface area contributed by atoms with Crippen molar-refractivity contribution in [2.45, 2.75) is 84.0 Å². The highest BCUT2D eigenvalue weighted by Gasteiger charge is 2.32. The van der Waals surface area contributed by atoms with E-state index in [2.05, 4.69) is 15.8 Å². The van der Waals surface area contributed by atoms with E-state index in [4.69, 9.17) is 14.0 Å². The number of ether oxygens (including phenoxy) is 2. The second kappa shape index (κ2) is 16.6. The predicted octanol–water partition coefficient (Wildman–Crippen LogP) is 5.36. The minimum absolute atomic E-state index is 0.0668. The molecule has 0 bridgehead atoms. The smallest absolute Gasteiger partial charge is 0.323 e. The molecule has 3 N–H and O–H groups in total. The van der Waals surface area contributed by atoms with Crippen molar-refractivity contribution < 1.29 is 37.1 Å². The van der Waals surface area contributed by atoms with Crippen LogP contribution >= 0.6 is 0 Å². The third-order valence-corrected chi connectivity index (χ3v) is 10.6. The molecule has 4 atom stereocenters. The summed E-state index contributed by atoms with van der Waals surface area (Å²) in [4.78, 5) is 29.0. The first kappa shape index (κ1) is 37.8. The lowest BCUT2D eigenvalue weighted by Gasteiger charge is -2.35. The van der Waals surface area contributed by atoms with Gasteiger partial charge in [-0.25, -0.2) is 13.2 Å². The first-order chi connectivity index (χ1) is 23.2. The summed E-state index contributed by atoms with van der Waals surface area (Å²) in [6.45, 7) is 11.2. The number of carbonyl (C=O) groups is 2. The molecule has 268 valence electrons. The maximum atomic E-state index is 14.4. The molecule has 2 heterocycles. The summed E-state index contributed by atoms with van der Waals surface area (Å²) in [5, 5.41) is 19.6. The molecule has 0 aliphatic carbocycles. The molecular formula is C35H49N5O8S. The standard InChI is InChI=1S/C35H49N5O8S/c1-22-11-14-29(15-12-22)49(44,45)39(7)20-32-23(2)19-40(24(3)21-41)34(42)30-18-28(36-35(43)37-33-26(5)38-48-27(33)6)13-16-31(30)47-25(4)10-8-9-17-46-32/h11-16,18,23-25,32,41H,8-10,17,19-21H2,1-7H3,(H2,36,37,43)/t23-,24-,25+,32+/m0/s1. The van der Waals surface area contributed by atoms with Gasteiger partial charge in [0, 0.05) is 38.3 Å². The van der Waals surface area contributed by atoms with E-state index in [-0.39, 0.29) is 42.2 Å². The van der Waals surface area contributed by atoms with Crippen molar-refractivity contribution >= 4 is 33.3 Å². The van der Waals surface area contributed by atoms with Gasteiger partial charge in [0.2, 0.25) is 10.0 Å². The van der Waals surface area contributed by atoms with E-state index < -0.39 is 34.1 Å². The average Bonchev–Trinajstić information content (AvgIpc) is 3.38. The number of aliphatic hydroxyl groups excluding tert-OH is 1. The van der Waals surface area contributed by atoms with E-state index in [0.717, 1.165) is 18.4 Å². The molecule has 0 saturated carbocycles. The summed E-state index contributed by atoms with van der Waals surface area (Å²) >= 11 is 0. The van der Waals surface area contributed by atoms with Gasteiger partial charge in [-0.3, -0.25) is 4.79 Å². The Morgan fingerprint density at radius 3 is 2.47 bits per heavy atom. The Bertz CT molecular complexity index is 1670. The molecule has 13 nitrogen and oxygen atoms in total. The number of likely N-dealkylation sites (N-methyl/N-ethyl adjacent to an activating group) is 1. The molecule has 49 heavy (non-hydrogen) atoms. The zero-order chi connectivity index (χ0) is 35.9. The third kappa shape index (κ3) is 9.59. The number of aliphatic hydroxyl groups is 1. The van der Waals surface area contributed by atoms with Crippen molar-refractivity contribution in [2.75, 3.05) is 44.0 Å². The molecule has 1 aromatic heterocycles. The van der Waals surface area contributed by atoms with E-state index in [1.54, 1.807) is 68.1 Å². The molecule has 0 radical (unpaired) electrons. The number of hydrogen-bond donors (Lipinski definition) is 3. The number of fused-ring (bicyclic) bond motifs is 1. The Labute approximate surface area is 289 Å². The number of sulfonamides is 1.